The summed E-state index contributed by atoms with van der Waals surface area (Å²) in [5, 5.41) is 0.384. The number of fused-ring (bicyclic) bond motifs is 2. The number of para-hydroxylation sites is 2. The molecule has 1 aliphatic heterocycles. The van der Waals surface area contributed by atoms with Gasteiger partial charge in [0.15, 0.2) is 0 Å². The standard InChI is InChI=1S/C22H17ClN2O4/c1-28-17-11-10-13(23)12-16(17)21(26)24-25-22(27)20-14-6-2-4-8-18(14)29-19-9-5-3-7-15(19)20/h2-12,20H,1H3,(H,24,26)(H,25,27). The first-order chi connectivity index (χ1) is 14.1. The molecule has 6 nitrogen and oxygen atoms in total. The number of hydrogen-bond acceptors (Lipinski definition) is 4. The molecule has 7 heteroatoms. The third kappa shape index (κ3) is 3.62. The minimum absolute atomic E-state index is 0.216. The van der Waals surface area contributed by atoms with E-state index in [-0.39, 0.29) is 11.5 Å². The summed E-state index contributed by atoms with van der Waals surface area (Å²) in [6.07, 6.45) is 0. The van der Waals surface area contributed by atoms with E-state index in [2.05, 4.69) is 10.9 Å². The third-order valence-corrected chi connectivity index (χ3v) is 4.88. The monoisotopic (exact) mass is 408 g/mol. The van der Waals surface area contributed by atoms with Crippen LogP contribution in [0.4, 0.5) is 0 Å². The largest absolute Gasteiger partial charge is 0.496 e. The molecule has 2 N–H and O–H groups in total. The van der Waals surface area contributed by atoms with Gasteiger partial charge in [-0.2, -0.15) is 0 Å². The van der Waals surface area contributed by atoms with E-state index in [1.54, 1.807) is 24.3 Å². The number of carbonyl (C=O) groups excluding carboxylic acids is 2. The number of nitrogens with one attached hydrogen (secondary N) is 2. The van der Waals surface area contributed by atoms with E-state index >= 15 is 0 Å². The molecule has 3 aromatic rings. The van der Waals surface area contributed by atoms with E-state index < -0.39 is 11.8 Å². The summed E-state index contributed by atoms with van der Waals surface area (Å²) in [5.41, 5.74) is 6.61. The van der Waals surface area contributed by atoms with Gasteiger partial charge in [-0.15, -0.1) is 0 Å². The lowest BCUT2D eigenvalue weighted by Crippen LogP contribution is -2.44. The molecule has 4 rings (SSSR count). The molecule has 0 unspecified atom stereocenters. The number of hydrogen-bond donors (Lipinski definition) is 2. The maximum atomic E-state index is 13.0. The van der Waals surface area contributed by atoms with Gasteiger partial charge in [-0.25, -0.2) is 0 Å². The van der Waals surface area contributed by atoms with Crippen LogP contribution in [-0.4, -0.2) is 18.9 Å². The van der Waals surface area contributed by atoms with Crippen LogP contribution in [0.1, 0.15) is 27.4 Å². The van der Waals surface area contributed by atoms with Crippen molar-refractivity contribution in [3.8, 4) is 17.2 Å². The molecule has 0 radical (unpaired) electrons. The van der Waals surface area contributed by atoms with Gasteiger partial charge in [-0.3, -0.25) is 20.4 Å². The molecule has 3 aromatic carbocycles. The molecule has 0 spiro atoms. The van der Waals surface area contributed by atoms with Gasteiger partial charge in [-0.05, 0) is 30.3 Å². The van der Waals surface area contributed by atoms with E-state index in [9.17, 15) is 9.59 Å². The number of rotatable bonds is 3. The number of carbonyl (C=O) groups is 2. The Kier molecular flexibility index (Phi) is 5.10. The van der Waals surface area contributed by atoms with Gasteiger partial charge in [-0.1, -0.05) is 48.0 Å². The highest BCUT2D eigenvalue weighted by Gasteiger charge is 2.32. The van der Waals surface area contributed by atoms with Crippen LogP contribution >= 0.6 is 11.6 Å². The van der Waals surface area contributed by atoms with Crippen molar-refractivity contribution in [2.75, 3.05) is 7.11 Å². The van der Waals surface area contributed by atoms with Crippen LogP contribution in [0.2, 0.25) is 5.02 Å². The van der Waals surface area contributed by atoms with Crippen LogP contribution in [0.25, 0.3) is 0 Å². The summed E-state index contributed by atoms with van der Waals surface area (Å²) in [5.74, 6) is 0.0119. The molecule has 0 fully saturated rings. The Morgan fingerprint density at radius 2 is 1.55 bits per heavy atom. The summed E-state index contributed by atoms with van der Waals surface area (Å²) < 4.78 is 11.1. The van der Waals surface area contributed by atoms with Gasteiger partial charge < -0.3 is 9.47 Å². The molecule has 0 bridgehead atoms. The highest BCUT2D eigenvalue weighted by molar-refractivity contribution is 6.31. The van der Waals surface area contributed by atoms with Crippen LogP contribution < -0.4 is 20.3 Å². The average molecular weight is 409 g/mol. The first kappa shape index (κ1) is 18.8. The first-order valence-electron chi connectivity index (χ1n) is 8.88. The topological polar surface area (TPSA) is 76.7 Å². The van der Waals surface area contributed by atoms with Crippen LogP contribution in [0.3, 0.4) is 0 Å². The van der Waals surface area contributed by atoms with E-state index in [1.807, 2.05) is 36.4 Å². The summed E-state index contributed by atoms with van der Waals surface area (Å²) in [7, 11) is 1.45. The molecule has 1 heterocycles. The predicted molar refractivity (Wildman–Crippen MR) is 108 cm³/mol. The van der Waals surface area contributed by atoms with E-state index in [1.165, 1.54) is 13.2 Å². The van der Waals surface area contributed by atoms with Crippen LogP contribution in [-0.2, 0) is 4.79 Å². The Hall–Kier alpha value is -3.51. The Bertz CT molecular complexity index is 1050. The number of ether oxygens (including phenoxy) is 2. The summed E-state index contributed by atoms with van der Waals surface area (Å²) in [6.45, 7) is 0. The summed E-state index contributed by atoms with van der Waals surface area (Å²) in [4.78, 5) is 25.6. The van der Waals surface area contributed by atoms with Gasteiger partial charge in [0.25, 0.3) is 11.8 Å². The second kappa shape index (κ2) is 7.85. The smallest absolute Gasteiger partial charge is 0.273 e. The van der Waals surface area contributed by atoms with Crippen LogP contribution in [0.15, 0.2) is 66.7 Å². The highest BCUT2D eigenvalue weighted by Crippen LogP contribution is 2.43. The predicted octanol–water partition coefficient (Wildman–Crippen LogP) is 4.05. The van der Waals surface area contributed by atoms with Crippen molar-refractivity contribution in [2.45, 2.75) is 5.92 Å². The van der Waals surface area contributed by atoms with E-state index in [0.717, 1.165) is 11.1 Å². The fourth-order valence-corrected chi connectivity index (χ4v) is 3.48. The minimum atomic E-state index is -0.627. The van der Waals surface area contributed by atoms with Gasteiger partial charge >= 0.3 is 0 Å². The fraction of sp³-hybridized carbons (Fsp3) is 0.0909. The Labute approximate surface area is 172 Å². The molecule has 146 valence electrons. The molecule has 1 aliphatic rings. The number of hydrazine groups is 1. The second-order valence-electron chi connectivity index (χ2n) is 6.40. The second-order valence-corrected chi connectivity index (χ2v) is 6.84. The van der Waals surface area contributed by atoms with Crippen molar-refractivity contribution >= 4 is 23.4 Å². The average Bonchev–Trinajstić information content (AvgIpc) is 2.75. The van der Waals surface area contributed by atoms with Gasteiger partial charge in [0.05, 0.1) is 18.6 Å². The number of halogens is 1. The highest BCUT2D eigenvalue weighted by atomic mass is 35.5. The van der Waals surface area contributed by atoms with Crippen molar-refractivity contribution in [3.05, 3.63) is 88.4 Å². The fourth-order valence-electron chi connectivity index (χ4n) is 3.31. The van der Waals surface area contributed by atoms with Crippen molar-refractivity contribution in [2.24, 2.45) is 0 Å². The molecule has 2 amide bonds. The molecule has 0 saturated carbocycles. The lowest BCUT2D eigenvalue weighted by molar-refractivity contribution is -0.122. The zero-order valence-corrected chi connectivity index (χ0v) is 16.2. The maximum Gasteiger partial charge on any atom is 0.273 e. The number of benzene rings is 3. The summed E-state index contributed by atoms with van der Waals surface area (Å²) in [6, 6.07) is 19.3. The van der Waals surface area contributed by atoms with Crippen molar-refractivity contribution in [3.63, 3.8) is 0 Å². The van der Waals surface area contributed by atoms with Crippen molar-refractivity contribution < 1.29 is 19.1 Å². The molecular formula is C22H17ClN2O4. The molecule has 29 heavy (non-hydrogen) atoms. The van der Waals surface area contributed by atoms with E-state index in [4.69, 9.17) is 21.1 Å². The number of methoxy groups -OCH3 is 1. The Morgan fingerprint density at radius 3 is 2.17 bits per heavy atom. The molecule has 0 aromatic heterocycles. The van der Waals surface area contributed by atoms with Crippen molar-refractivity contribution in [1.29, 1.82) is 0 Å². The quantitative estimate of drug-likeness (QED) is 0.641. The third-order valence-electron chi connectivity index (χ3n) is 4.65. The van der Waals surface area contributed by atoms with Gasteiger partial charge in [0, 0.05) is 16.1 Å². The minimum Gasteiger partial charge on any atom is -0.496 e. The van der Waals surface area contributed by atoms with Gasteiger partial charge in [0.1, 0.15) is 17.2 Å². The van der Waals surface area contributed by atoms with Crippen LogP contribution in [0, 0.1) is 0 Å². The normalized spacial score (nSPS) is 12.2. The molecule has 0 saturated heterocycles. The Balaban J connectivity index is 1.58. The number of amides is 2. The molecule has 0 aliphatic carbocycles. The van der Waals surface area contributed by atoms with Crippen molar-refractivity contribution in [1.82, 2.24) is 10.9 Å². The first-order valence-corrected chi connectivity index (χ1v) is 9.25. The Morgan fingerprint density at radius 1 is 0.931 bits per heavy atom. The van der Waals surface area contributed by atoms with Gasteiger partial charge in [0.2, 0.25) is 0 Å². The molecular weight excluding hydrogens is 392 g/mol. The van der Waals surface area contributed by atoms with Crippen LogP contribution in [0.5, 0.6) is 17.2 Å². The maximum absolute atomic E-state index is 13.0. The SMILES string of the molecule is COc1ccc(Cl)cc1C(=O)NNC(=O)C1c2ccccc2Oc2ccccc21. The zero-order chi connectivity index (χ0) is 20.4. The lowest BCUT2D eigenvalue weighted by Gasteiger charge is -2.27. The lowest BCUT2D eigenvalue weighted by atomic mass is 9.87. The van der Waals surface area contributed by atoms with E-state index in [0.29, 0.717) is 22.3 Å². The summed E-state index contributed by atoms with van der Waals surface area (Å²) >= 11 is 5.98. The molecule has 0 atom stereocenters. The zero-order valence-electron chi connectivity index (χ0n) is 15.4.